The van der Waals surface area contributed by atoms with Crippen molar-refractivity contribution >= 4 is 16.8 Å². The van der Waals surface area contributed by atoms with E-state index in [1.54, 1.807) is 7.11 Å². The quantitative estimate of drug-likeness (QED) is 0.439. The van der Waals surface area contributed by atoms with Crippen molar-refractivity contribution in [3.05, 3.63) is 83.0 Å². The van der Waals surface area contributed by atoms with Crippen molar-refractivity contribution in [3.63, 3.8) is 0 Å². The van der Waals surface area contributed by atoms with Gasteiger partial charge < -0.3 is 15.8 Å². The fourth-order valence-corrected chi connectivity index (χ4v) is 3.78. The molecule has 1 amide bonds. The van der Waals surface area contributed by atoms with Gasteiger partial charge in [0.1, 0.15) is 5.75 Å². The number of nitrogens with one attached hydrogen (secondary N) is 2. The second kappa shape index (κ2) is 8.62. The van der Waals surface area contributed by atoms with E-state index in [1.165, 1.54) is 0 Å². The molecule has 0 saturated carbocycles. The van der Waals surface area contributed by atoms with Crippen LogP contribution in [-0.2, 0) is 0 Å². The van der Waals surface area contributed by atoms with Gasteiger partial charge in [0.05, 0.1) is 24.2 Å². The molecule has 1 atom stereocenters. The van der Waals surface area contributed by atoms with Crippen molar-refractivity contribution in [1.82, 2.24) is 15.5 Å². The lowest BCUT2D eigenvalue weighted by Gasteiger charge is -2.19. The second-order valence-electron chi connectivity index (χ2n) is 7.67. The Hall–Kier alpha value is -3.64. The molecular formula is C25H26N4O2. The van der Waals surface area contributed by atoms with Gasteiger partial charge in [-0.1, -0.05) is 42.0 Å². The van der Waals surface area contributed by atoms with E-state index >= 15 is 0 Å². The van der Waals surface area contributed by atoms with Gasteiger partial charge in [-0.05, 0) is 54.8 Å². The van der Waals surface area contributed by atoms with Gasteiger partial charge in [0, 0.05) is 17.6 Å². The number of amides is 1. The molecule has 1 aromatic heterocycles. The molecule has 0 spiro atoms. The number of carbonyl (C=O) groups excluding carboxylic acids is 1. The minimum absolute atomic E-state index is 0.226. The maximum atomic E-state index is 13.2. The normalized spacial score (nSPS) is 12.0. The van der Waals surface area contributed by atoms with E-state index in [2.05, 4.69) is 21.6 Å². The highest BCUT2D eigenvalue weighted by Gasteiger charge is 2.19. The lowest BCUT2D eigenvalue weighted by atomic mass is 9.99. The maximum absolute atomic E-state index is 13.2. The molecule has 31 heavy (non-hydrogen) atoms. The fourth-order valence-electron chi connectivity index (χ4n) is 3.78. The number of aryl methyl sites for hydroxylation is 2. The minimum atomic E-state index is -0.286. The summed E-state index contributed by atoms with van der Waals surface area (Å²) in [6, 6.07) is 19.4. The summed E-state index contributed by atoms with van der Waals surface area (Å²) in [6.45, 7) is 4.31. The molecule has 0 fully saturated rings. The summed E-state index contributed by atoms with van der Waals surface area (Å²) in [5.74, 6) is 0.290. The third kappa shape index (κ3) is 4.15. The molecule has 6 nitrogen and oxygen atoms in total. The highest BCUT2D eigenvalue weighted by atomic mass is 16.5. The maximum Gasteiger partial charge on any atom is 0.255 e. The highest BCUT2D eigenvalue weighted by Crippen LogP contribution is 2.30. The van der Waals surface area contributed by atoms with Crippen LogP contribution < -0.4 is 15.8 Å². The standard InChI is InChI=1S/C25H26N4O2/c1-15-5-4-6-19(11-15)23(14-26)27-25(30)21-13-18(8-10-24(21)31-3)17-7-9-22-20(12-17)16(2)28-29-22/h4-13,23H,14,26H2,1-3H3,(H,27,30)(H,28,29). The third-order valence-corrected chi connectivity index (χ3v) is 5.51. The van der Waals surface area contributed by atoms with Gasteiger partial charge in [0.25, 0.3) is 5.91 Å². The molecule has 0 aliphatic carbocycles. The van der Waals surface area contributed by atoms with Gasteiger partial charge in [-0.25, -0.2) is 0 Å². The number of H-pyrrole nitrogens is 1. The molecule has 0 aliphatic rings. The number of hydrogen-bond donors (Lipinski definition) is 3. The first-order valence-electron chi connectivity index (χ1n) is 10.2. The molecular weight excluding hydrogens is 388 g/mol. The average molecular weight is 415 g/mol. The summed E-state index contributed by atoms with van der Waals surface area (Å²) < 4.78 is 5.47. The first-order chi connectivity index (χ1) is 15.0. The molecule has 3 aromatic carbocycles. The molecule has 6 heteroatoms. The fraction of sp³-hybridized carbons (Fsp3) is 0.200. The molecule has 0 aliphatic heterocycles. The zero-order chi connectivity index (χ0) is 22.0. The Balaban J connectivity index is 1.67. The number of ether oxygens (including phenoxy) is 1. The van der Waals surface area contributed by atoms with E-state index in [0.29, 0.717) is 17.9 Å². The molecule has 4 aromatic rings. The zero-order valence-electron chi connectivity index (χ0n) is 17.9. The SMILES string of the molecule is COc1ccc(-c2ccc3n[nH]c(C)c3c2)cc1C(=O)NC(CN)c1cccc(C)c1. The molecule has 1 unspecified atom stereocenters. The van der Waals surface area contributed by atoms with Crippen molar-refractivity contribution in [1.29, 1.82) is 0 Å². The minimum Gasteiger partial charge on any atom is -0.496 e. The summed E-state index contributed by atoms with van der Waals surface area (Å²) in [5, 5.41) is 11.4. The van der Waals surface area contributed by atoms with Crippen LogP contribution in [0, 0.1) is 13.8 Å². The van der Waals surface area contributed by atoms with Crippen LogP contribution in [0.5, 0.6) is 5.75 Å². The predicted molar refractivity (Wildman–Crippen MR) is 123 cm³/mol. The van der Waals surface area contributed by atoms with Crippen LogP contribution in [0.25, 0.3) is 22.0 Å². The Morgan fingerprint density at radius 2 is 1.87 bits per heavy atom. The number of benzene rings is 3. The van der Waals surface area contributed by atoms with Gasteiger partial charge in [-0.3, -0.25) is 9.89 Å². The Kier molecular flexibility index (Phi) is 5.73. The van der Waals surface area contributed by atoms with Crippen LogP contribution in [0.2, 0.25) is 0 Å². The molecule has 1 heterocycles. The Morgan fingerprint density at radius 3 is 2.61 bits per heavy atom. The van der Waals surface area contributed by atoms with E-state index in [9.17, 15) is 4.79 Å². The Bertz CT molecular complexity index is 1250. The van der Waals surface area contributed by atoms with E-state index in [0.717, 1.165) is 38.9 Å². The van der Waals surface area contributed by atoms with Crippen LogP contribution in [0.1, 0.15) is 33.2 Å². The van der Waals surface area contributed by atoms with Crippen molar-refractivity contribution < 1.29 is 9.53 Å². The highest BCUT2D eigenvalue weighted by molar-refractivity contribution is 5.99. The van der Waals surface area contributed by atoms with E-state index in [4.69, 9.17) is 10.5 Å². The van der Waals surface area contributed by atoms with Gasteiger partial charge in [0.2, 0.25) is 0 Å². The summed E-state index contributed by atoms with van der Waals surface area (Å²) in [4.78, 5) is 13.2. The van der Waals surface area contributed by atoms with Gasteiger partial charge in [0.15, 0.2) is 0 Å². The number of carbonyl (C=O) groups is 1. The number of aromatic amines is 1. The van der Waals surface area contributed by atoms with E-state index < -0.39 is 0 Å². The van der Waals surface area contributed by atoms with Gasteiger partial charge in [-0.15, -0.1) is 0 Å². The van der Waals surface area contributed by atoms with Crippen molar-refractivity contribution in [2.45, 2.75) is 19.9 Å². The monoisotopic (exact) mass is 414 g/mol. The number of nitrogens with two attached hydrogens (primary N) is 1. The van der Waals surface area contributed by atoms with Crippen molar-refractivity contribution in [3.8, 4) is 16.9 Å². The smallest absolute Gasteiger partial charge is 0.255 e. The molecule has 0 saturated heterocycles. The van der Waals surface area contributed by atoms with Crippen LogP contribution in [0.3, 0.4) is 0 Å². The number of aromatic nitrogens is 2. The Morgan fingerprint density at radius 1 is 1.10 bits per heavy atom. The predicted octanol–water partition coefficient (Wildman–Crippen LogP) is 4.29. The molecule has 4 rings (SSSR count). The van der Waals surface area contributed by atoms with E-state index in [1.807, 2.05) is 68.4 Å². The molecule has 158 valence electrons. The van der Waals surface area contributed by atoms with Crippen LogP contribution >= 0.6 is 0 Å². The molecule has 4 N–H and O–H groups in total. The van der Waals surface area contributed by atoms with E-state index in [-0.39, 0.29) is 11.9 Å². The lowest BCUT2D eigenvalue weighted by molar-refractivity contribution is 0.0935. The first-order valence-corrected chi connectivity index (χ1v) is 10.2. The summed E-state index contributed by atoms with van der Waals surface area (Å²) in [6.07, 6.45) is 0. The summed E-state index contributed by atoms with van der Waals surface area (Å²) in [5.41, 5.74) is 12.4. The van der Waals surface area contributed by atoms with Gasteiger partial charge in [-0.2, -0.15) is 5.10 Å². The lowest BCUT2D eigenvalue weighted by Crippen LogP contribution is -2.33. The number of rotatable bonds is 6. The number of nitrogens with zero attached hydrogens (tertiary/aromatic N) is 1. The first kappa shape index (κ1) is 20.6. The molecule has 0 radical (unpaired) electrons. The molecule has 0 bridgehead atoms. The average Bonchev–Trinajstić information content (AvgIpc) is 3.17. The topological polar surface area (TPSA) is 93.0 Å². The number of methoxy groups -OCH3 is 1. The summed E-state index contributed by atoms with van der Waals surface area (Å²) >= 11 is 0. The zero-order valence-corrected chi connectivity index (χ0v) is 17.9. The van der Waals surface area contributed by atoms with Crippen LogP contribution in [0.4, 0.5) is 0 Å². The number of hydrogen-bond acceptors (Lipinski definition) is 4. The van der Waals surface area contributed by atoms with Crippen LogP contribution in [0.15, 0.2) is 60.7 Å². The summed E-state index contributed by atoms with van der Waals surface area (Å²) in [7, 11) is 1.56. The Labute approximate surface area is 181 Å². The third-order valence-electron chi connectivity index (χ3n) is 5.51. The number of fused-ring (bicyclic) bond motifs is 1. The van der Waals surface area contributed by atoms with Crippen LogP contribution in [-0.4, -0.2) is 29.8 Å². The second-order valence-corrected chi connectivity index (χ2v) is 7.67. The van der Waals surface area contributed by atoms with Gasteiger partial charge >= 0.3 is 0 Å². The van der Waals surface area contributed by atoms with Crippen molar-refractivity contribution in [2.24, 2.45) is 5.73 Å². The largest absolute Gasteiger partial charge is 0.496 e. The van der Waals surface area contributed by atoms with Crippen molar-refractivity contribution in [2.75, 3.05) is 13.7 Å².